The van der Waals surface area contributed by atoms with Gasteiger partial charge < -0.3 is 10.2 Å². The highest BCUT2D eigenvalue weighted by Gasteiger charge is 2.33. The van der Waals surface area contributed by atoms with Gasteiger partial charge in [0.25, 0.3) is 0 Å². The first kappa shape index (κ1) is 13.8. The number of halogens is 1. The molecule has 1 aromatic carbocycles. The van der Waals surface area contributed by atoms with Crippen molar-refractivity contribution in [2.75, 3.05) is 31.1 Å². The van der Waals surface area contributed by atoms with Crippen LogP contribution in [0.2, 0.25) is 0 Å². The molecule has 1 saturated heterocycles. The van der Waals surface area contributed by atoms with E-state index in [0.717, 1.165) is 32.6 Å². The fourth-order valence-corrected chi connectivity index (χ4v) is 4.56. The molecule has 20 heavy (non-hydrogen) atoms. The molecule has 1 aliphatic heterocycles. The van der Waals surface area contributed by atoms with Gasteiger partial charge in [0.15, 0.2) is 9.84 Å². The van der Waals surface area contributed by atoms with Crippen molar-refractivity contribution in [3.8, 4) is 0 Å². The Balaban J connectivity index is 1.87. The molecule has 0 bridgehead atoms. The molecule has 0 spiro atoms. The number of nitrogens with zero attached hydrogens (tertiary/aromatic N) is 1. The van der Waals surface area contributed by atoms with E-state index >= 15 is 0 Å². The fraction of sp³-hybridized carbons (Fsp3) is 0.571. The van der Waals surface area contributed by atoms with E-state index in [1.807, 2.05) is 4.90 Å². The van der Waals surface area contributed by atoms with Crippen molar-refractivity contribution in [2.24, 2.45) is 0 Å². The minimum absolute atomic E-state index is 0.124. The van der Waals surface area contributed by atoms with E-state index < -0.39 is 15.7 Å². The van der Waals surface area contributed by atoms with Gasteiger partial charge in [-0.3, -0.25) is 0 Å². The summed E-state index contributed by atoms with van der Waals surface area (Å²) in [5.74, 6) is -0.438. The van der Waals surface area contributed by atoms with Crippen LogP contribution in [-0.2, 0) is 9.84 Å². The fourth-order valence-electron chi connectivity index (χ4n) is 2.70. The lowest BCUT2D eigenvalue weighted by molar-refractivity contribution is 0.476. The minimum atomic E-state index is -3.34. The van der Waals surface area contributed by atoms with Crippen LogP contribution in [0.25, 0.3) is 0 Å². The molecule has 3 rings (SSSR count). The molecule has 0 unspecified atom stereocenters. The van der Waals surface area contributed by atoms with Crippen molar-refractivity contribution in [1.82, 2.24) is 5.32 Å². The number of sulfone groups is 1. The maximum atomic E-state index is 14.2. The zero-order valence-electron chi connectivity index (χ0n) is 11.3. The highest BCUT2D eigenvalue weighted by atomic mass is 32.2. The molecule has 0 amide bonds. The summed E-state index contributed by atoms with van der Waals surface area (Å²) in [6, 6.07) is 4.34. The Morgan fingerprint density at radius 2 is 1.90 bits per heavy atom. The van der Waals surface area contributed by atoms with E-state index in [1.165, 1.54) is 6.07 Å². The zero-order valence-corrected chi connectivity index (χ0v) is 12.1. The summed E-state index contributed by atoms with van der Waals surface area (Å²) in [6.45, 7) is 3.13. The van der Waals surface area contributed by atoms with Gasteiger partial charge in [-0.05, 0) is 31.0 Å². The first-order chi connectivity index (χ1) is 9.59. The largest absolute Gasteiger partial charge is 0.367 e. The number of hydrogen-bond donors (Lipinski definition) is 1. The Labute approximate surface area is 118 Å². The van der Waals surface area contributed by atoms with Crippen molar-refractivity contribution < 1.29 is 12.8 Å². The zero-order chi connectivity index (χ0) is 14.2. The van der Waals surface area contributed by atoms with Gasteiger partial charge in [-0.15, -0.1) is 0 Å². The number of anilines is 1. The summed E-state index contributed by atoms with van der Waals surface area (Å²) in [5, 5.41) is 2.90. The van der Waals surface area contributed by atoms with Crippen LogP contribution < -0.4 is 10.2 Å². The molecule has 1 heterocycles. The number of benzene rings is 1. The van der Waals surface area contributed by atoms with Crippen LogP contribution in [0.3, 0.4) is 0 Å². The Bertz CT molecular complexity index is 593. The summed E-state index contributed by atoms with van der Waals surface area (Å²) < 4.78 is 38.8. The molecular formula is C14H19FN2O2S. The van der Waals surface area contributed by atoms with Gasteiger partial charge >= 0.3 is 0 Å². The van der Waals surface area contributed by atoms with Crippen LogP contribution in [0.15, 0.2) is 23.1 Å². The van der Waals surface area contributed by atoms with Crippen molar-refractivity contribution in [3.63, 3.8) is 0 Å². The molecule has 0 radical (unpaired) electrons. The topological polar surface area (TPSA) is 49.4 Å². The number of hydrogen-bond acceptors (Lipinski definition) is 4. The van der Waals surface area contributed by atoms with Crippen molar-refractivity contribution in [2.45, 2.75) is 29.4 Å². The van der Waals surface area contributed by atoms with Gasteiger partial charge in [0.1, 0.15) is 5.82 Å². The van der Waals surface area contributed by atoms with Crippen LogP contribution in [0.4, 0.5) is 10.1 Å². The van der Waals surface area contributed by atoms with Gasteiger partial charge in [-0.1, -0.05) is 6.42 Å². The molecule has 110 valence electrons. The second kappa shape index (κ2) is 5.33. The van der Waals surface area contributed by atoms with Gasteiger partial charge in [0.2, 0.25) is 0 Å². The summed E-state index contributed by atoms with van der Waals surface area (Å²) in [6.07, 6.45) is 2.35. The minimum Gasteiger partial charge on any atom is -0.367 e. The van der Waals surface area contributed by atoms with E-state index in [9.17, 15) is 12.8 Å². The number of rotatable bonds is 3. The Hall–Kier alpha value is -1.14. The van der Waals surface area contributed by atoms with E-state index in [-0.39, 0.29) is 10.1 Å². The van der Waals surface area contributed by atoms with Crippen LogP contribution in [0, 0.1) is 5.82 Å². The standard InChI is InChI=1S/C14H19FN2O2S/c15-13-10-12(20(18,19)11-2-1-3-11)4-5-14(13)17-8-6-16-7-9-17/h4-5,10-11,16H,1-3,6-9H2. The molecule has 1 saturated carbocycles. The molecule has 2 aliphatic rings. The predicted molar refractivity (Wildman–Crippen MR) is 76.3 cm³/mol. The number of nitrogens with one attached hydrogen (secondary N) is 1. The Morgan fingerprint density at radius 3 is 2.45 bits per heavy atom. The average Bonchev–Trinajstić information content (AvgIpc) is 2.37. The quantitative estimate of drug-likeness (QED) is 0.920. The SMILES string of the molecule is O=S(=O)(c1ccc(N2CCNCC2)c(F)c1)C1CCC1. The maximum absolute atomic E-state index is 14.2. The normalized spacial score (nSPS) is 20.8. The van der Waals surface area contributed by atoms with Crippen molar-refractivity contribution in [3.05, 3.63) is 24.0 Å². The van der Waals surface area contributed by atoms with Gasteiger partial charge in [0.05, 0.1) is 15.8 Å². The van der Waals surface area contributed by atoms with E-state index in [0.29, 0.717) is 18.5 Å². The third-order valence-electron chi connectivity index (χ3n) is 4.20. The smallest absolute Gasteiger partial charge is 0.181 e. The molecule has 6 heteroatoms. The molecule has 0 atom stereocenters. The predicted octanol–water partition coefficient (Wildman–Crippen LogP) is 1.56. The lowest BCUT2D eigenvalue weighted by atomic mass is 10.00. The van der Waals surface area contributed by atoms with Gasteiger partial charge in [0, 0.05) is 26.2 Å². The van der Waals surface area contributed by atoms with Gasteiger partial charge in [-0.2, -0.15) is 0 Å². The molecule has 2 fully saturated rings. The van der Waals surface area contributed by atoms with Crippen LogP contribution in [0.1, 0.15) is 19.3 Å². The third kappa shape index (κ3) is 2.42. The molecule has 4 nitrogen and oxygen atoms in total. The lowest BCUT2D eigenvalue weighted by Gasteiger charge is -2.30. The molecule has 0 aromatic heterocycles. The van der Waals surface area contributed by atoms with Crippen molar-refractivity contribution >= 4 is 15.5 Å². The summed E-state index contributed by atoms with van der Waals surface area (Å²) in [4.78, 5) is 2.07. The first-order valence-electron chi connectivity index (χ1n) is 7.08. The molecule has 1 aromatic rings. The van der Waals surface area contributed by atoms with E-state index in [4.69, 9.17) is 0 Å². The number of piperazine rings is 1. The Morgan fingerprint density at radius 1 is 1.20 bits per heavy atom. The molecular weight excluding hydrogens is 279 g/mol. The monoisotopic (exact) mass is 298 g/mol. The van der Waals surface area contributed by atoms with E-state index in [1.54, 1.807) is 12.1 Å². The molecule has 1 aliphatic carbocycles. The van der Waals surface area contributed by atoms with Gasteiger partial charge in [-0.25, -0.2) is 12.8 Å². The summed E-state index contributed by atoms with van der Waals surface area (Å²) in [5.41, 5.74) is 0.499. The maximum Gasteiger partial charge on any atom is 0.181 e. The highest BCUT2D eigenvalue weighted by molar-refractivity contribution is 7.92. The third-order valence-corrected chi connectivity index (χ3v) is 6.46. The second-order valence-electron chi connectivity index (χ2n) is 5.45. The van der Waals surface area contributed by atoms with Crippen molar-refractivity contribution in [1.29, 1.82) is 0 Å². The first-order valence-corrected chi connectivity index (χ1v) is 8.63. The highest BCUT2D eigenvalue weighted by Crippen LogP contribution is 2.32. The molecule has 1 N–H and O–H groups in total. The van der Waals surface area contributed by atoms with Crippen LogP contribution in [0.5, 0.6) is 0 Å². The average molecular weight is 298 g/mol. The van der Waals surface area contributed by atoms with E-state index in [2.05, 4.69) is 5.32 Å². The Kier molecular flexibility index (Phi) is 3.69. The second-order valence-corrected chi connectivity index (χ2v) is 7.68. The lowest BCUT2D eigenvalue weighted by Crippen LogP contribution is -2.43. The summed E-state index contributed by atoms with van der Waals surface area (Å²) in [7, 11) is -3.34. The summed E-state index contributed by atoms with van der Waals surface area (Å²) >= 11 is 0. The van der Waals surface area contributed by atoms with Crippen LogP contribution in [-0.4, -0.2) is 39.8 Å². The van der Waals surface area contributed by atoms with Crippen LogP contribution >= 0.6 is 0 Å².